The third-order valence-electron chi connectivity index (χ3n) is 4.34. The van der Waals surface area contributed by atoms with E-state index < -0.39 is 15.9 Å². The van der Waals surface area contributed by atoms with Gasteiger partial charge in [-0.3, -0.25) is 10.2 Å². The van der Waals surface area contributed by atoms with Crippen LogP contribution in [0.4, 0.5) is 5.13 Å². The fourth-order valence-corrected chi connectivity index (χ4v) is 4.57. The summed E-state index contributed by atoms with van der Waals surface area (Å²) in [7, 11) is -3.90. The van der Waals surface area contributed by atoms with E-state index >= 15 is 0 Å². The number of amides is 1. The summed E-state index contributed by atoms with van der Waals surface area (Å²) in [5, 5.41) is 4.05. The predicted octanol–water partition coefficient (Wildman–Crippen LogP) is 1.76. The number of fused-ring (bicyclic) bond motifs is 1. The zero-order valence-corrected chi connectivity index (χ0v) is 16.4. The van der Waals surface area contributed by atoms with Crippen molar-refractivity contribution in [3.8, 4) is 0 Å². The van der Waals surface area contributed by atoms with E-state index in [0.29, 0.717) is 31.4 Å². The first kappa shape index (κ1) is 18.8. The zero-order chi connectivity index (χ0) is 19.6. The number of nitrogens with one attached hydrogen (secondary N) is 2. The van der Waals surface area contributed by atoms with Crippen LogP contribution in [0, 0.1) is 0 Å². The normalized spacial score (nSPS) is 14.9. The highest BCUT2D eigenvalue weighted by Gasteiger charge is 2.20. The molecule has 8 nitrogen and oxygen atoms in total. The van der Waals surface area contributed by atoms with Gasteiger partial charge in [0.25, 0.3) is 15.9 Å². The number of hydrazine groups is 1. The van der Waals surface area contributed by atoms with Gasteiger partial charge in [0.05, 0.1) is 18.1 Å². The predicted molar refractivity (Wildman–Crippen MR) is 107 cm³/mol. The van der Waals surface area contributed by atoms with Crippen LogP contribution in [0.2, 0.25) is 0 Å². The first-order valence-electron chi connectivity index (χ1n) is 8.62. The minimum absolute atomic E-state index is 0.0683. The minimum Gasteiger partial charge on any atom is -0.378 e. The Morgan fingerprint density at radius 1 is 1.11 bits per heavy atom. The number of ether oxygens (including phenoxy) is 1. The Labute approximate surface area is 166 Å². The van der Waals surface area contributed by atoms with Gasteiger partial charge >= 0.3 is 0 Å². The molecule has 0 aliphatic carbocycles. The number of hydrogen-bond donors (Lipinski definition) is 2. The third kappa shape index (κ3) is 3.99. The largest absolute Gasteiger partial charge is 0.378 e. The van der Waals surface area contributed by atoms with Gasteiger partial charge in [-0.15, -0.1) is 16.2 Å². The van der Waals surface area contributed by atoms with E-state index in [1.165, 1.54) is 17.4 Å². The minimum atomic E-state index is -3.90. The number of carbonyl (C=O) groups excluding carboxylic acids is 1. The van der Waals surface area contributed by atoms with Crippen molar-refractivity contribution in [2.45, 2.75) is 4.90 Å². The summed E-state index contributed by atoms with van der Waals surface area (Å²) in [6.07, 6.45) is 0. The molecule has 0 radical (unpaired) electrons. The van der Waals surface area contributed by atoms with Crippen LogP contribution in [-0.4, -0.2) is 45.6 Å². The molecule has 3 aromatic rings. The van der Waals surface area contributed by atoms with Gasteiger partial charge < -0.3 is 9.64 Å². The van der Waals surface area contributed by atoms with E-state index in [1.54, 1.807) is 17.5 Å². The van der Waals surface area contributed by atoms with E-state index in [4.69, 9.17) is 4.74 Å². The molecule has 0 spiro atoms. The summed E-state index contributed by atoms with van der Waals surface area (Å²) in [5.74, 6) is -0.611. The van der Waals surface area contributed by atoms with Crippen molar-refractivity contribution >= 4 is 43.2 Å². The monoisotopic (exact) mass is 418 g/mol. The molecule has 0 saturated carbocycles. The second-order valence-corrected chi connectivity index (χ2v) is 8.70. The lowest BCUT2D eigenvalue weighted by molar-refractivity contribution is 0.0940. The van der Waals surface area contributed by atoms with Crippen molar-refractivity contribution in [1.82, 2.24) is 15.2 Å². The van der Waals surface area contributed by atoms with E-state index in [1.807, 2.05) is 29.2 Å². The summed E-state index contributed by atoms with van der Waals surface area (Å²) < 4.78 is 30.3. The van der Waals surface area contributed by atoms with Gasteiger partial charge in [-0.05, 0) is 22.9 Å². The van der Waals surface area contributed by atoms with Gasteiger partial charge in [0.2, 0.25) is 0 Å². The summed E-state index contributed by atoms with van der Waals surface area (Å²) in [6, 6.07) is 12.2. The third-order valence-corrected chi connectivity index (χ3v) is 6.48. The summed E-state index contributed by atoms with van der Waals surface area (Å²) in [4.78, 5) is 20.8. The van der Waals surface area contributed by atoms with Crippen LogP contribution in [0.5, 0.6) is 0 Å². The maximum absolute atomic E-state index is 12.5. The van der Waals surface area contributed by atoms with Gasteiger partial charge in [0, 0.05) is 18.5 Å². The Bertz CT molecular complexity index is 1110. The molecule has 28 heavy (non-hydrogen) atoms. The highest BCUT2D eigenvalue weighted by molar-refractivity contribution is 7.89. The van der Waals surface area contributed by atoms with Gasteiger partial charge in [0.15, 0.2) is 5.13 Å². The summed E-state index contributed by atoms with van der Waals surface area (Å²) in [6.45, 7) is 2.66. The average molecular weight is 419 g/mol. The number of sulfonamides is 1. The molecular weight excluding hydrogens is 400 g/mol. The van der Waals surface area contributed by atoms with Gasteiger partial charge in [-0.2, -0.15) is 0 Å². The fraction of sp³-hybridized carbons (Fsp3) is 0.222. The second kappa shape index (κ2) is 7.84. The van der Waals surface area contributed by atoms with Gasteiger partial charge in [-0.25, -0.2) is 13.4 Å². The van der Waals surface area contributed by atoms with Crippen molar-refractivity contribution in [3.63, 3.8) is 0 Å². The van der Waals surface area contributed by atoms with Crippen LogP contribution in [0.25, 0.3) is 10.8 Å². The van der Waals surface area contributed by atoms with E-state index in [2.05, 4.69) is 15.2 Å². The van der Waals surface area contributed by atoms with Crippen molar-refractivity contribution in [3.05, 3.63) is 53.5 Å². The number of aromatic nitrogens is 1. The number of benzene rings is 2. The standard InChI is InChI=1S/C18H18N4O4S2/c23-17(16-12-27-18(19-16)22-7-9-26-10-8-22)20-21-28(24,25)15-6-5-13-3-1-2-4-14(13)11-15/h1-6,11-12,21H,7-10H2,(H,20,23). The highest BCUT2D eigenvalue weighted by atomic mass is 32.2. The Kier molecular flexibility index (Phi) is 5.27. The molecule has 0 unspecified atom stereocenters. The van der Waals surface area contributed by atoms with E-state index in [9.17, 15) is 13.2 Å². The number of morpholine rings is 1. The lowest BCUT2D eigenvalue weighted by atomic mass is 10.1. The molecule has 0 bridgehead atoms. The molecule has 1 aromatic heterocycles. The lowest BCUT2D eigenvalue weighted by Gasteiger charge is -2.25. The maximum Gasteiger partial charge on any atom is 0.285 e. The van der Waals surface area contributed by atoms with Crippen molar-refractivity contribution in [2.24, 2.45) is 0 Å². The fourth-order valence-electron chi connectivity index (χ4n) is 2.84. The van der Waals surface area contributed by atoms with Crippen LogP contribution >= 0.6 is 11.3 Å². The Hall–Kier alpha value is -2.53. The summed E-state index contributed by atoms with van der Waals surface area (Å²) >= 11 is 1.34. The number of anilines is 1. The van der Waals surface area contributed by atoms with E-state index in [0.717, 1.165) is 10.8 Å². The number of carbonyl (C=O) groups is 1. The smallest absolute Gasteiger partial charge is 0.285 e. The van der Waals surface area contributed by atoms with Crippen LogP contribution in [0.15, 0.2) is 52.7 Å². The van der Waals surface area contributed by atoms with Crippen LogP contribution in [0.3, 0.4) is 0 Å². The molecule has 1 aliphatic heterocycles. The number of hydrogen-bond acceptors (Lipinski definition) is 7. The molecule has 4 rings (SSSR count). The molecule has 2 N–H and O–H groups in total. The van der Waals surface area contributed by atoms with E-state index in [-0.39, 0.29) is 10.6 Å². The number of thiazole rings is 1. The topological polar surface area (TPSA) is 101 Å². The zero-order valence-electron chi connectivity index (χ0n) is 14.8. The molecule has 1 amide bonds. The first-order chi connectivity index (χ1) is 13.5. The van der Waals surface area contributed by atoms with Gasteiger partial charge in [0.1, 0.15) is 5.69 Å². The van der Waals surface area contributed by atoms with Crippen molar-refractivity contribution < 1.29 is 17.9 Å². The molecule has 10 heteroatoms. The van der Waals surface area contributed by atoms with Crippen LogP contribution < -0.4 is 15.2 Å². The Morgan fingerprint density at radius 2 is 1.86 bits per heavy atom. The second-order valence-electron chi connectivity index (χ2n) is 6.18. The molecule has 1 saturated heterocycles. The van der Waals surface area contributed by atoms with Crippen LogP contribution in [0.1, 0.15) is 10.5 Å². The van der Waals surface area contributed by atoms with Gasteiger partial charge in [-0.1, -0.05) is 30.3 Å². The maximum atomic E-state index is 12.5. The van der Waals surface area contributed by atoms with Crippen molar-refractivity contribution in [2.75, 3.05) is 31.2 Å². The summed E-state index contributed by atoms with van der Waals surface area (Å²) in [5.41, 5.74) is 2.39. The Balaban J connectivity index is 1.44. The molecule has 146 valence electrons. The molecule has 2 aromatic carbocycles. The van der Waals surface area contributed by atoms with Crippen LogP contribution in [-0.2, 0) is 14.8 Å². The highest BCUT2D eigenvalue weighted by Crippen LogP contribution is 2.21. The quantitative estimate of drug-likeness (QED) is 0.613. The number of rotatable bonds is 5. The molecule has 1 aliphatic rings. The number of nitrogens with zero attached hydrogens (tertiary/aromatic N) is 2. The Morgan fingerprint density at radius 3 is 2.64 bits per heavy atom. The molecule has 2 heterocycles. The van der Waals surface area contributed by atoms with Crippen molar-refractivity contribution in [1.29, 1.82) is 0 Å². The average Bonchev–Trinajstić information content (AvgIpc) is 3.23. The molecular formula is C18H18N4O4S2. The SMILES string of the molecule is O=C(NNS(=O)(=O)c1ccc2ccccc2c1)c1csc(N2CCOCC2)n1. The molecule has 1 fully saturated rings. The molecule has 0 atom stereocenters. The lowest BCUT2D eigenvalue weighted by Crippen LogP contribution is -2.41. The first-order valence-corrected chi connectivity index (χ1v) is 11.0.